The van der Waals surface area contributed by atoms with E-state index in [1.807, 2.05) is 55.1 Å². The molecule has 0 bridgehead atoms. The van der Waals surface area contributed by atoms with Crippen molar-refractivity contribution in [3.8, 4) is 0 Å². The summed E-state index contributed by atoms with van der Waals surface area (Å²) in [5.41, 5.74) is 4.10. The Balaban J connectivity index is 1.69. The Bertz CT molecular complexity index is 721. The van der Waals surface area contributed by atoms with Gasteiger partial charge in [-0.15, -0.1) is 0 Å². The van der Waals surface area contributed by atoms with Crippen LogP contribution in [0.5, 0.6) is 0 Å². The Labute approximate surface area is 142 Å². The fraction of sp³-hybridized carbons (Fsp3) is 0.316. The van der Waals surface area contributed by atoms with Gasteiger partial charge in [0.15, 0.2) is 0 Å². The largest absolute Gasteiger partial charge is 0.368 e. The van der Waals surface area contributed by atoms with Crippen molar-refractivity contribution in [2.45, 2.75) is 13.8 Å². The van der Waals surface area contributed by atoms with Crippen LogP contribution in [-0.2, 0) is 0 Å². The van der Waals surface area contributed by atoms with Gasteiger partial charge in [-0.1, -0.05) is 35.4 Å². The number of carbonyl (C=O) groups excluding carboxylic acids is 1. The van der Waals surface area contributed by atoms with E-state index in [2.05, 4.69) is 11.0 Å². The molecule has 3 rings (SSSR count). The van der Waals surface area contributed by atoms with Crippen molar-refractivity contribution in [2.75, 3.05) is 31.1 Å². The van der Waals surface area contributed by atoms with E-state index in [-0.39, 0.29) is 5.91 Å². The zero-order chi connectivity index (χ0) is 16.4. The Morgan fingerprint density at radius 2 is 1.74 bits per heavy atom. The average Bonchev–Trinajstić information content (AvgIpc) is 2.56. The number of halogens is 1. The molecule has 0 aliphatic carbocycles. The lowest BCUT2D eigenvalue weighted by atomic mass is 10.0. The molecule has 2 aromatic carbocycles. The van der Waals surface area contributed by atoms with Crippen molar-refractivity contribution in [1.82, 2.24) is 4.90 Å². The number of rotatable bonds is 2. The van der Waals surface area contributed by atoms with Crippen molar-refractivity contribution >= 4 is 23.2 Å². The van der Waals surface area contributed by atoms with Gasteiger partial charge in [-0.05, 0) is 43.7 Å². The highest BCUT2D eigenvalue weighted by Gasteiger charge is 2.23. The average molecular weight is 329 g/mol. The van der Waals surface area contributed by atoms with E-state index < -0.39 is 0 Å². The Morgan fingerprint density at radius 3 is 2.43 bits per heavy atom. The van der Waals surface area contributed by atoms with E-state index in [4.69, 9.17) is 11.6 Å². The topological polar surface area (TPSA) is 23.6 Å². The highest BCUT2D eigenvalue weighted by Crippen LogP contribution is 2.22. The lowest BCUT2D eigenvalue weighted by Crippen LogP contribution is -2.49. The van der Waals surface area contributed by atoms with Gasteiger partial charge in [0.25, 0.3) is 5.91 Å². The van der Waals surface area contributed by atoms with E-state index in [0.717, 1.165) is 53.6 Å². The second-order valence-corrected chi connectivity index (χ2v) is 6.51. The van der Waals surface area contributed by atoms with Crippen LogP contribution >= 0.6 is 11.6 Å². The molecule has 1 amide bonds. The van der Waals surface area contributed by atoms with Gasteiger partial charge in [-0.2, -0.15) is 0 Å². The van der Waals surface area contributed by atoms with Crippen molar-refractivity contribution in [3.63, 3.8) is 0 Å². The minimum atomic E-state index is 0.136. The summed E-state index contributed by atoms with van der Waals surface area (Å²) < 4.78 is 0. The molecule has 0 unspecified atom stereocenters. The normalized spacial score (nSPS) is 14.9. The monoisotopic (exact) mass is 328 g/mol. The quantitative estimate of drug-likeness (QED) is 0.834. The number of hydrogen-bond donors (Lipinski definition) is 0. The summed E-state index contributed by atoms with van der Waals surface area (Å²) in [5, 5.41) is 0.747. The number of carbonyl (C=O) groups is 1. The molecule has 0 atom stereocenters. The summed E-state index contributed by atoms with van der Waals surface area (Å²) in [7, 11) is 0. The van der Waals surface area contributed by atoms with E-state index in [0.29, 0.717) is 0 Å². The third-order valence-corrected chi connectivity index (χ3v) is 4.60. The molecule has 2 aromatic rings. The SMILES string of the molecule is Cc1ccc(C)c(C(=O)N2CCN(c3cccc(Cl)c3)CC2)c1. The molecular formula is C19H21ClN2O. The lowest BCUT2D eigenvalue weighted by Gasteiger charge is -2.36. The molecule has 4 heteroatoms. The molecule has 0 radical (unpaired) electrons. The molecule has 1 fully saturated rings. The van der Waals surface area contributed by atoms with Crippen LogP contribution in [0.1, 0.15) is 21.5 Å². The van der Waals surface area contributed by atoms with Gasteiger partial charge < -0.3 is 9.80 Å². The van der Waals surface area contributed by atoms with Gasteiger partial charge in [0.2, 0.25) is 0 Å². The summed E-state index contributed by atoms with van der Waals surface area (Å²) in [5.74, 6) is 0.136. The number of piperazine rings is 1. The molecule has 0 aromatic heterocycles. The third kappa shape index (κ3) is 3.50. The second kappa shape index (κ2) is 6.63. The van der Waals surface area contributed by atoms with Crippen molar-refractivity contribution in [3.05, 3.63) is 64.2 Å². The summed E-state index contributed by atoms with van der Waals surface area (Å²) in [6, 6.07) is 13.9. The lowest BCUT2D eigenvalue weighted by molar-refractivity contribution is 0.0746. The molecule has 0 spiro atoms. The first-order valence-corrected chi connectivity index (χ1v) is 8.29. The van der Waals surface area contributed by atoms with Gasteiger partial charge >= 0.3 is 0 Å². The minimum Gasteiger partial charge on any atom is -0.368 e. The number of amides is 1. The molecule has 1 aliphatic rings. The molecule has 1 aliphatic heterocycles. The smallest absolute Gasteiger partial charge is 0.254 e. The van der Waals surface area contributed by atoms with Crippen LogP contribution in [0.2, 0.25) is 5.02 Å². The molecule has 1 heterocycles. The standard InChI is InChI=1S/C19H21ClN2O/c1-14-6-7-15(2)18(12-14)19(23)22-10-8-21(9-11-22)17-5-3-4-16(20)13-17/h3-7,12-13H,8-11H2,1-2H3. The molecule has 0 N–H and O–H groups in total. The maximum Gasteiger partial charge on any atom is 0.254 e. The highest BCUT2D eigenvalue weighted by atomic mass is 35.5. The first-order valence-electron chi connectivity index (χ1n) is 7.91. The van der Waals surface area contributed by atoms with Gasteiger partial charge in [0.1, 0.15) is 0 Å². The van der Waals surface area contributed by atoms with E-state index >= 15 is 0 Å². The first kappa shape index (κ1) is 15.9. The zero-order valence-corrected chi connectivity index (χ0v) is 14.3. The third-order valence-electron chi connectivity index (χ3n) is 4.36. The van der Waals surface area contributed by atoms with Gasteiger partial charge in [0, 0.05) is 42.5 Å². The van der Waals surface area contributed by atoms with Gasteiger partial charge in [0.05, 0.1) is 0 Å². The summed E-state index contributed by atoms with van der Waals surface area (Å²) in [6.45, 7) is 7.15. The van der Waals surface area contributed by atoms with Crippen LogP contribution in [0.3, 0.4) is 0 Å². The maximum absolute atomic E-state index is 12.8. The summed E-state index contributed by atoms with van der Waals surface area (Å²) in [6.07, 6.45) is 0. The van der Waals surface area contributed by atoms with Crippen LogP contribution in [0.25, 0.3) is 0 Å². The summed E-state index contributed by atoms with van der Waals surface area (Å²) in [4.78, 5) is 17.0. The Kier molecular flexibility index (Phi) is 4.58. The predicted molar refractivity (Wildman–Crippen MR) is 95.5 cm³/mol. The molecule has 120 valence electrons. The molecular weight excluding hydrogens is 308 g/mol. The number of anilines is 1. The van der Waals surface area contributed by atoms with Crippen LogP contribution in [-0.4, -0.2) is 37.0 Å². The highest BCUT2D eigenvalue weighted by molar-refractivity contribution is 6.30. The van der Waals surface area contributed by atoms with Crippen molar-refractivity contribution in [1.29, 1.82) is 0 Å². The van der Waals surface area contributed by atoms with Crippen LogP contribution in [0.4, 0.5) is 5.69 Å². The Hall–Kier alpha value is -2.00. The van der Waals surface area contributed by atoms with Gasteiger partial charge in [-0.25, -0.2) is 0 Å². The molecule has 0 saturated carbocycles. The molecule has 1 saturated heterocycles. The van der Waals surface area contributed by atoms with E-state index in [1.54, 1.807) is 0 Å². The first-order chi connectivity index (χ1) is 11.0. The fourth-order valence-corrected chi connectivity index (χ4v) is 3.16. The van der Waals surface area contributed by atoms with Gasteiger partial charge in [-0.3, -0.25) is 4.79 Å². The fourth-order valence-electron chi connectivity index (χ4n) is 2.98. The van der Waals surface area contributed by atoms with E-state index in [9.17, 15) is 4.79 Å². The number of aryl methyl sites for hydroxylation is 2. The number of benzene rings is 2. The summed E-state index contributed by atoms with van der Waals surface area (Å²) >= 11 is 6.06. The number of hydrogen-bond acceptors (Lipinski definition) is 2. The molecule has 23 heavy (non-hydrogen) atoms. The molecule has 3 nitrogen and oxygen atoms in total. The maximum atomic E-state index is 12.8. The zero-order valence-electron chi connectivity index (χ0n) is 13.6. The number of nitrogens with zero attached hydrogens (tertiary/aromatic N) is 2. The Morgan fingerprint density at radius 1 is 1.00 bits per heavy atom. The van der Waals surface area contributed by atoms with Crippen LogP contribution < -0.4 is 4.90 Å². The van der Waals surface area contributed by atoms with Crippen molar-refractivity contribution < 1.29 is 4.79 Å². The van der Waals surface area contributed by atoms with E-state index in [1.165, 1.54) is 0 Å². The second-order valence-electron chi connectivity index (χ2n) is 6.08. The van der Waals surface area contributed by atoms with Crippen LogP contribution in [0.15, 0.2) is 42.5 Å². The minimum absolute atomic E-state index is 0.136. The van der Waals surface area contributed by atoms with Crippen LogP contribution in [0, 0.1) is 13.8 Å². The predicted octanol–water partition coefficient (Wildman–Crippen LogP) is 3.92. The van der Waals surface area contributed by atoms with Crippen molar-refractivity contribution in [2.24, 2.45) is 0 Å².